The number of ether oxygens (including phenoxy) is 1. The highest BCUT2D eigenvalue weighted by Crippen LogP contribution is 2.40. The standard InChI is InChI=1S/C18H34N4O2/c1-4-16(23)22-11-7-15(13-22)21-17(19-2)20-14-18(10-12-24-3)8-5-6-9-18/h15H,4-14H2,1-3H3,(H2,19,20,21). The van der Waals surface area contributed by atoms with E-state index in [0.717, 1.165) is 45.0 Å². The molecule has 138 valence electrons. The molecule has 0 spiro atoms. The van der Waals surface area contributed by atoms with Crippen molar-refractivity contribution in [2.75, 3.05) is 40.4 Å². The van der Waals surface area contributed by atoms with Gasteiger partial charge in [-0.05, 0) is 31.1 Å². The van der Waals surface area contributed by atoms with Crippen molar-refractivity contribution in [3.05, 3.63) is 0 Å². The Labute approximate surface area is 146 Å². The number of nitrogens with zero attached hydrogens (tertiary/aromatic N) is 2. The zero-order valence-electron chi connectivity index (χ0n) is 15.6. The molecule has 0 aromatic carbocycles. The van der Waals surface area contributed by atoms with Crippen LogP contribution in [-0.4, -0.2) is 63.2 Å². The number of amides is 1. The highest BCUT2D eigenvalue weighted by atomic mass is 16.5. The number of likely N-dealkylation sites (tertiary alicyclic amines) is 1. The molecular weight excluding hydrogens is 304 g/mol. The van der Waals surface area contributed by atoms with Gasteiger partial charge >= 0.3 is 0 Å². The second-order valence-electron chi connectivity index (χ2n) is 7.20. The van der Waals surface area contributed by atoms with Gasteiger partial charge in [0.2, 0.25) is 5.91 Å². The normalized spacial score (nSPS) is 23.5. The minimum atomic E-state index is 0.242. The van der Waals surface area contributed by atoms with Gasteiger partial charge in [0.25, 0.3) is 0 Å². The minimum absolute atomic E-state index is 0.242. The molecule has 1 aliphatic heterocycles. The van der Waals surface area contributed by atoms with Crippen molar-refractivity contribution in [3.63, 3.8) is 0 Å². The summed E-state index contributed by atoms with van der Waals surface area (Å²) < 4.78 is 5.30. The van der Waals surface area contributed by atoms with Crippen LogP contribution >= 0.6 is 0 Å². The lowest BCUT2D eigenvalue weighted by Crippen LogP contribution is -2.48. The largest absolute Gasteiger partial charge is 0.385 e. The molecule has 2 N–H and O–H groups in total. The number of hydrogen-bond donors (Lipinski definition) is 2. The summed E-state index contributed by atoms with van der Waals surface area (Å²) in [6.45, 7) is 5.32. The van der Waals surface area contributed by atoms with Crippen molar-refractivity contribution < 1.29 is 9.53 Å². The van der Waals surface area contributed by atoms with Crippen molar-refractivity contribution in [2.24, 2.45) is 10.4 Å². The lowest BCUT2D eigenvalue weighted by molar-refractivity contribution is -0.129. The van der Waals surface area contributed by atoms with Gasteiger partial charge in [-0.2, -0.15) is 0 Å². The topological polar surface area (TPSA) is 66.0 Å². The molecule has 1 saturated carbocycles. The average Bonchev–Trinajstić information content (AvgIpc) is 3.26. The van der Waals surface area contributed by atoms with Gasteiger partial charge in [0.05, 0.1) is 0 Å². The maximum Gasteiger partial charge on any atom is 0.222 e. The highest BCUT2D eigenvalue weighted by molar-refractivity contribution is 5.80. The number of guanidine groups is 1. The van der Waals surface area contributed by atoms with Crippen molar-refractivity contribution in [3.8, 4) is 0 Å². The van der Waals surface area contributed by atoms with E-state index in [2.05, 4.69) is 15.6 Å². The van der Waals surface area contributed by atoms with E-state index in [1.54, 1.807) is 7.11 Å². The fraction of sp³-hybridized carbons (Fsp3) is 0.889. The van der Waals surface area contributed by atoms with Gasteiger partial charge in [-0.1, -0.05) is 19.8 Å². The maximum absolute atomic E-state index is 11.8. The summed E-state index contributed by atoms with van der Waals surface area (Å²) in [6, 6.07) is 0.296. The van der Waals surface area contributed by atoms with E-state index >= 15 is 0 Å². The molecule has 1 amide bonds. The molecule has 2 aliphatic rings. The van der Waals surface area contributed by atoms with Gasteiger partial charge in [-0.25, -0.2) is 0 Å². The summed E-state index contributed by atoms with van der Waals surface area (Å²) in [5.74, 6) is 1.10. The second kappa shape index (κ2) is 9.25. The first-order chi connectivity index (χ1) is 11.6. The van der Waals surface area contributed by atoms with Crippen LogP contribution in [0.4, 0.5) is 0 Å². The number of rotatable bonds is 7. The van der Waals surface area contributed by atoms with Crippen LogP contribution in [-0.2, 0) is 9.53 Å². The van der Waals surface area contributed by atoms with Crippen molar-refractivity contribution in [1.82, 2.24) is 15.5 Å². The third kappa shape index (κ3) is 5.10. The van der Waals surface area contributed by atoms with E-state index in [4.69, 9.17) is 4.74 Å². The van der Waals surface area contributed by atoms with Gasteiger partial charge in [0.15, 0.2) is 5.96 Å². The number of nitrogens with one attached hydrogen (secondary N) is 2. The second-order valence-corrected chi connectivity index (χ2v) is 7.20. The van der Waals surface area contributed by atoms with Crippen molar-refractivity contribution >= 4 is 11.9 Å². The molecular formula is C18H34N4O2. The molecule has 1 atom stereocenters. The lowest BCUT2D eigenvalue weighted by Gasteiger charge is -2.30. The summed E-state index contributed by atoms with van der Waals surface area (Å²) >= 11 is 0. The molecule has 24 heavy (non-hydrogen) atoms. The molecule has 6 heteroatoms. The molecule has 1 unspecified atom stereocenters. The first-order valence-electron chi connectivity index (χ1n) is 9.36. The van der Waals surface area contributed by atoms with E-state index in [1.807, 2.05) is 18.9 Å². The van der Waals surface area contributed by atoms with Crippen LogP contribution < -0.4 is 10.6 Å². The zero-order valence-corrected chi connectivity index (χ0v) is 15.6. The minimum Gasteiger partial charge on any atom is -0.385 e. The molecule has 2 fully saturated rings. The summed E-state index contributed by atoms with van der Waals surface area (Å²) in [5, 5.41) is 7.01. The third-order valence-corrected chi connectivity index (χ3v) is 5.54. The molecule has 0 bridgehead atoms. The Hall–Kier alpha value is -1.30. The van der Waals surface area contributed by atoms with Gasteiger partial charge in [0, 0.05) is 52.9 Å². The number of hydrogen-bond acceptors (Lipinski definition) is 3. The first-order valence-corrected chi connectivity index (χ1v) is 9.36. The molecule has 2 rings (SSSR count). The Bertz CT molecular complexity index is 433. The van der Waals surface area contributed by atoms with E-state index in [9.17, 15) is 4.79 Å². The first kappa shape index (κ1) is 19.0. The van der Waals surface area contributed by atoms with Crippen LogP contribution in [0.3, 0.4) is 0 Å². The predicted molar refractivity (Wildman–Crippen MR) is 97.2 cm³/mol. The van der Waals surface area contributed by atoms with Crippen LogP contribution in [0.15, 0.2) is 4.99 Å². The van der Waals surface area contributed by atoms with Crippen LogP contribution in [0, 0.1) is 5.41 Å². The van der Waals surface area contributed by atoms with Gasteiger partial charge < -0.3 is 20.3 Å². The van der Waals surface area contributed by atoms with E-state index in [-0.39, 0.29) is 5.91 Å². The van der Waals surface area contributed by atoms with Crippen LogP contribution in [0.5, 0.6) is 0 Å². The van der Waals surface area contributed by atoms with Gasteiger partial charge in [-0.3, -0.25) is 9.79 Å². The average molecular weight is 338 g/mol. The number of methoxy groups -OCH3 is 1. The Morgan fingerprint density at radius 1 is 1.38 bits per heavy atom. The van der Waals surface area contributed by atoms with Crippen molar-refractivity contribution in [1.29, 1.82) is 0 Å². The molecule has 0 radical (unpaired) electrons. The summed E-state index contributed by atoms with van der Waals surface area (Å²) in [6.07, 6.45) is 7.84. The molecule has 0 aromatic rings. The number of carbonyl (C=O) groups is 1. The van der Waals surface area contributed by atoms with Crippen LogP contribution in [0.2, 0.25) is 0 Å². The number of carbonyl (C=O) groups excluding carboxylic acids is 1. The maximum atomic E-state index is 11.8. The van der Waals surface area contributed by atoms with E-state index < -0.39 is 0 Å². The molecule has 1 heterocycles. The van der Waals surface area contributed by atoms with Gasteiger partial charge in [-0.15, -0.1) is 0 Å². The van der Waals surface area contributed by atoms with E-state index in [1.165, 1.54) is 25.7 Å². The molecule has 0 aromatic heterocycles. The SMILES string of the molecule is CCC(=O)N1CCC(NC(=NC)NCC2(CCOC)CCCC2)C1. The Morgan fingerprint density at radius 2 is 2.12 bits per heavy atom. The highest BCUT2D eigenvalue weighted by Gasteiger charge is 2.34. The third-order valence-electron chi connectivity index (χ3n) is 5.54. The molecule has 1 aliphatic carbocycles. The fourth-order valence-corrected chi connectivity index (χ4v) is 3.95. The summed E-state index contributed by atoms with van der Waals surface area (Å²) in [5.41, 5.74) is 0.341. The quantitative estimate of drug-likeness (QED) is 0.548. The molecule has 6 nitrogen and oxygen atoms in total. The van der Waals surface area contributed by atoms with E-state index in [0.29, 0.717) is 17.9 Å². The zero-order chi connectivity index (χ0) is 17.4. The lowest BCUT2D eigenvalue weighted by atomic mass is 9.83. The van der Waals surface area contributed by atoms with Crippen LogP contribution in [0.1, 0.15) is 51.9 Å². The Morgan fingerprint density at radius 3 is 2.75 bits per heavy atom. The van der Waals surface area contributed by atoms with Crippen LogP contribution in [0.25, 0.3) is 0 Å². The van der Waals surface area contributed by atoms with Crippen molar-refractivity contribution in [2.45, 2.75) is 57.9 Å². The monoisotopic (exact) mass is 338 g/mol. The predicted octanol–water partition coefficient (Wildman–Crippen LogP) is 1.76. The smallest absolute Gasteiger partial charge is 0.222 e. The molecule has 1 saturated heterocycles. The fourth-order valence-electron chi connectivity index (χ4n) is 3.95. The summed E-state index contributed by atoms with van der Waals surface area (Å²) in [4.78, 5) is 18.1. The Kier molecular flexibility index (Phi) is 7.34. The summed E-state index contributed by atoms with van der Waals surface area (Å²) in [7, 11) is 3.59. The van der Waals surface area contributed by atoms with Gasteiger partial charge in [0.1, 0.15) is 0 Å². The number of aliphatic imine (C=N–C) groups is 1. The Balaban J connectivity index is 1.81.